The van der Waals surface area contributed by atoms with Crippen molar-refractivity contribution in [3.63, 3.8) is 0 Å². The summed E-state index contributed by atoms with van der Waals surface area (Å²) in [6.45, 7) is 4.76. The average molecular weight is 245 g/mol. The molecular formula is C16H23NO. The van der Waals surface area contributed by atoms with Gasteiger partial charge in [-0.05, 0) is 42.4 Å². The van der Waals surface area contributed by atoms with Crippen LogP contribution in [0.25, 0.3) is 0 Å². The van der Waals surface area contributed by atoms with Crippen LogP contribution in [-0.4, -0.2) is 24.8 Å². The largest absolute Gasteiger partial charge is 0.396 e. The normalized spacial score (nSPS) is 20.7. The number of benzene rings is 1. The van der Waals surface area contributed by atoms with Crippen LogP contribution in [0.3, 0.4) is 0 Å². The smallest absolute Gasteiger partial charge is 0.0497 e. The molecule has 0 amide bonds. The van der Waals surface area contributed by atoms with Gasteiger partial charge in [0.05, 0.1) is 0 Å². The summed E-state index contributed by atoms with van der Waals surface area (Å²) in [6.07, 6.45) is 5.45. The van der Waals surface area contributed by atoms with Gasteiger partial charge in [-0.15, -0.1) is 0 Å². The minimum Gasteiger partial charge on any atom is -0.396 e. The molecule has 1 aliphatic carbocycles. The van der Waals surface area contributed by atoms with E-state index in [4.69, 9.17) is 0 Å². The Kier molecular flexibility index (Phi) is 3.29. The highest BCUT2D eigenvalue weighted by molar-refractivity contribution is 5.59. The minimum atomic E-state index is 0.241. The van der Waals surface area contributed by atoms with Crippen molar-refractivity contribution in [1.29, 1.82) is 0 Å². The molecule has 1 atom stereocenters. The van der Waals surface area contributed by atoms with E-state index in [9.17, 15) is 5.11 Å². The van der Waals surface area contributed by atoms with Crippen molar-refractivity contribution in [2.75, 3.05) is 24.6 Å². The monoisotopic (exact) mass is 245 g/mol. The molecule has 0 spiro atoms. The van der Waals surface area contributed by atoms with Crippen molar-refractivity contribution in [3.05, 3.63) is 29.3 Å². The minimum absolute atomic E-state index is 0.241. The molecule has 1 aliphatic heterocycles. The van der Waals surface area contributed by atoms with Crippen LogP contribution in [0.2, 0.25) is 0 Å². The van der Waals surface area contributed by atoms with Crippen LogP contribution in [0.1, 0.15) is 43.2 Å². The Morgan fingerprint density at radius 3 is 2.89 bits per heavy atom. The van der Waals surface area contributed by atoms with Gasteiger partial charge >= 0.3 is 0 Å². The molecule has 1 unspecified atom stereocenters. The molecule has 2 aliphatic rings. The van der Waals surface area contributed by atoms with Gasteiger partial charge < -0.3 is 10.0 Å². The summed E-state index contributed by atoms with van der Waals surface area (Å²) in [4.78, 5) is 2.56. The predicted molar refractivity (Wildman–Crippen MR) is 75.2 cm³/mol. The molecule has 1 fully saturated rings. The van der Waals surface area contributed by atoms with E-state index in [1.54, 1.807) is 0 Å². The number of hydrogen-bond donors (Lipinski definition) is 1. The van der Waals surface area contributed by atoms with Crippen LogP contribution in [0.15, 0.2) is 18.2 Å². The Morgan fingerprint density at radius 1 is 1.39 bits per heavy atom. The SMILES string of the molecule is CC(CO)c1ccc2c(c1)CCN2CC1CCC1. The molecule has 0 radical (unpaired) electrons. The maximum atomic E-state index is 9.24. The van der Waals surface area contributed by atoms with Crippen LogP contribution in [-0.2, 0) is 6.42 Å². The third-order valence-corrected chi connectivity index (χ3v) is 4.64. The zero-order valence-electron chi connectivity index (χ0n) is 11.2. The standard InChI is InChI=1S/C16H23NO/c1-12(11-18)14-5-6-16-15(9-14)7-8-17(16)10-13-3-2-4-13/h5-6,9,12-13,18H,2-4,7-8,10-11H2,1H3. The Morgan fingerprint density at radius 2 is 2.22 bits per heavy atom. The molecular weight excluding hydrogens is 222 g/mol. The number of fused-ring (bicyclic) bond motifs is 1. The zero-order chi connectivity index (χ0) is 12.5. The molecule has 1 N–H and O–H groups in total. The van der Waals surface area contributed by atoms with E-state index in [2.05, 4.69) is 30.0 Å². The fourth-order valence-electron chi connectivity index (χ4n) is 3.08. The molecule has 0 aromatic heterocycles. The number of hydrogen-bond acceptors (Lipinski definition) is 2. The van der Waals surface area contributed by atoms with Gasteiger partial charge in [-0.25, -0.2) is 0 Å². The van der Waals surface area contributed by atoms with Gasteiger partial charge in [-0.1, -0.05) is 25.5 Å². The lowest BCUT2D eigenvalue weighted by molar-refractivity contribution is 0.273. The summed E-state index contributed by atoms with van der Waals surface area (Å²) in [5.74, 6) is 1.20. The fraction of sp³-hybridized carbons (Fsp3) is 0.625. The Labute approximate surface area is 110 Å². The summed E-state index contributed by atoms with van der Waals surface area (Å²) < 4.78 is 0. The summed E-state index contributed by atoms with van der Waals surface area (Å²) in [5.41, 5.74) is 4.20. The molecule has 0 bridgehead atoms. The average Bonchev–Trinajstić information content (AvgIpc) is 2.75. The highest BCUT2D eigenvalue weighted by Crippen LogP contribution is 2.34. The summed E-state index contributed by atoms with van der Waals surface area (Å²) in [5, 5.41) is 9.24. The second-order valence-corrected chi connectivity index (χ2v) is 5.96. The lowest BCUT2D eigenvalue weighted by Gasteiger charge is -2.31. The summed E-state index contributed by atoms with van der Waals surface area (Å²) in [7, 11) is 0. The van der Waals surface area contributed by atoms with E-state index in [0.29, 0.717) is 0 Å². The molecule has 98 valence electrons. The summed E-state index contributed by atoms with van der Waals surface area (Å²) >= 11 is 0. The van der Waals surface area contributed by atoms with E-state index in [1.165, 1.54) is 55.6 Å². The Hall–Kier alpha value is -1.02. The number of aliphatic hydroxyl groups excluding tert-OH is 1. The first kappa shape index (κ1) is 12.0. The third kappa shape index (κ3) is 2.14. The Balaban J connectivity index is 1.75. The first-order chi connectivity index (χ1) is 8.78. The highest BCUT2D eigenvalue weighted by Gasteiger charge is 2.25. The Bertz CT molecular complexity index is 425. The molecule has 2 nitrogen and oxygen atoms in total. The molecule has 1 aromatic rings. The van der Waals surface area contributed by atoms with E-state index < -0.39 is 0 Å². The maximum absolute atomic E-state index is 9.24. The van der Waals surface area contributed by atoms with Gasteiger partial charge in [0, 0.05) is 31.3 Å². The van der Waals surface area contributed by atoms with E-state index in [-0.39, 0.29) is 12.5 Å². The summed E-state index contributed by atoms with van der Waals surface area (Å²) in [6, 6.07) is 6.76. The fourth-order valence-corrected chi connectivity index (χ4v) is 3.08. The van der Waals surface area contributed by atoms with Crippen molar-refractivity contribution in [3.8, 4) is 0 Å². The van der Waals surface area contributed by atoms with Crippen molar-refractivity contribution in [2.24, 2.45) is 5.92 Å². The van der Waals surface area contributed by atoms with Gasteiger partial charge in [0.15, 0.2) is 0 Å². The topological polar surface area (TPSA) is 23.5 Å². The van der Waals surface area contributed by atoms with E-state index in [0.717, 1.165) is 5.92 Å². The van der Waals surface area contributed by atoms with Crippen molar-refractivity contribution < 1.29 is 5.11 Å². The lowest BCUT2D eigenvalue weighted by atomic mass is 9.85. The number of anilines is 1. The van der Waals surface area contributed by atoms with Crippen molar-refractivity contribution in [1.82, 2.24) is 0 Å². The third-order valence-electron chi connectivity index (χ3n) is 4.64. The molecule has 3 rings (SSSR count). The molecule has 0 saturated heterocycles. The molecule has 2 heteroatoms. The van der Waals surface area contributed by atoms with Gasteiger partial charge in [0.25, 0.3) is 0 Å². The predicted octanol–water partition coefficient (Wildman–Crippen LogP) is 2.95. The molecule has 1 heterocycles. The van der Waals surface area contributed by atoms with Gasteiger partial charge in [0.1, 0.15) is 0 Å². The first-order valence-electron chi connectivity index (χ1n) is 7.26. The quantitative estimate of drug-likeness (QED) is 0.881. The molecule has 1 aromatic carbocycles. The van der Waals surface area contributed by atoms with Gasteiger partial charge in [-0.3, -0.25) is 0 Å². The van der Waals surface area contributed by atoms with Crippen LogP contribution in [0.5, 0.6) is 0 Å². The molecule has 1 saturated carbocycles. The second kappa shape index (κ2) is 4.93. The number of rotatable bonds is 4. The zero-order valence-corrected chi connectivity index (χ0v) is 11.2. The van der Waals surface area contributed by atoms with E-state index >= 15 is 0 Å². The lowest BCUT2D eigenvalue weighted by Crippen LogP contribution is -2.31. The number of nitrogens with zero attached hydrogens (tertiary/aromatic N) is 1. The van der Waals surface area contributed by atoms with Crippen LogP contribution < -0.4 is 4.90 Å². The van der Waals surface area contributed by atoms with Gasteiger partial charge in [0.2, 0.25) is 0 Å². The highest BCUT2D eigenvalue weighted by atomic mass is 16.3. The van der Waals surface area contributed by atoms with Crippen molar-refractivity contribution >= 4 is 5.69 Å². The first-order valence-corrected chi connectivity index (χ1v) is 7.26. The van der Waals surface area contributed by atoms with Crippen LogP contribution in [0, 0.1) is 5.92 Å². The maximum Gasteiger partial charge on any atom is 0.0497 e. The number of aliphatic hydroxyl groups is 1. The van der Waals surface area contributed by atoms with Crippen molar-refractivity contribution in [2.45, 2.75) is 38.5 Å². The van der Waals surface area contributed by atoms with Gasteiger partial charge in [-0.2, -0.15) is 0 Å². The van der Waals surface area contributed by atoms with Crippen LogP contribution >= 0.6 is 0 Å². The second-order valence-electron chi connectivity index (χ2n) is 5.96. The molecule has 18 heavy (non-hydrogen) atoms. The van der Waals surface area contributed by atoms with E-state index in [1.807, 2.05) is 0 Å². The van der Waals surface area contributed by atoms with Crippen LogP contribution in [0.4, 0.5) is 5.69 Å².